The van der Waals surface area contributed by atoms with Crippen LogP contribution in [0.1, 0.15) is 24.8 Å². The summed E-state index contributed by atoms with van der Waals surface area (Å²) in [5.41, 5.74) is 0.948. The molecule has 5 nitrogen and oxygen atoms in total. The molecular formula is C17H18ClNO4. The van der Waals surface area contributed by atoms with Gasteiger partial charge in [-0.2, -0.15) is 0 Å². The third-order valence-corrected chi connectivity index (χ3v) is 3.56. The molecule has 0 aliphatic rings. The second-order valence-corrected chi connectivity index (χ2v) is 5.43. The van der Waals surface area contributed by atoms with Gasteiger partial charge in [-0.25, -0.2) is 4.79 Å². The van der Waals surface area contributed by atoms with Gasteiger partial charge in [0.1, 0.15) is 0 Å². The highest BCUT2D eigenvalue weighted by molar-refractivity contribution is 6.30. The van der Waals surface area contributed by atoms with E-state index in [2.05, 4.69) is 9.47 Å². The zero-order valence-corrected chi connectivity index (χ0v) is 13.5. The Bertz CT molecular complexity index is 637. The highest BCUT2D eigenvalue weighted by atomic mass is 35.5. The van der Waals surface area contributed by atoms with E-state index in [0.29, 0.717) is 11.6 Å². The van der Waals surface area contributed by atoms with Gasteiger partial charge in [0.2, 0.25) is 0 Å². The molecule has 1 aromatic carbocycles. The van der Waals surface area contributed by atoms with Crippen molar-refractivity contribution in [3.05, 3.63) is 59.4 Å². The Morgan fingerprint density at radius 2 is 1.83 bits per heavy atom. The second-order valence-electron chi connectivity index (χ2n) is 4.99. The Morgan fingerprint density at radius 3 is 2.43 bits per heavy atom. The number of rotatable bonds is 6. The summed E-state index contributed by atoms with van der Waals surface area (Å²) in [5, 5.41) is 0.627. The van der Waals surface area contributed by atoms with Gasteiger partial charge in [0, 0.05) is 29.9 Å². The zero-order chi connectivity index (χ0) is 16.7. The number of hydrogen-bond acceptors (Lipinski definition) is 4. The Labute approximate surface area is 139 Å². The largest absolute Gasteiger partial charge is 0.516 e. The van der Waals surface area contributed by atoms with Crippen molar-refractivity contribution in [2.45, 2.75) is 25.8 Å². The van der Waals surface area contributed by atoms with Gasteiger partial charge in [-0.05, 0) is 36.8 Å². The summed E-state index contributed by atoms with van der Waals surface area (Å²) < 4.78 is 11.2. The van der Waals surface area contributed by atoms with Crippen LogP contribution in [0.25, 0.3) is 0 Å². The molecule has 0 aliphatic heterocycles. The minimum atomic E-state index is -0.965. The van der Waals surface area contributed by atoms with E-state index in [0.717, 1.165) is 5.56 Å². The van der Waals surface area contributed by atoms with E-state index in [1.165, 1.54) is 0 Å². The topological polar surface area (TPSA) is 57.5 Å². The van der Waals surface area contributed by atoms with Crippen molar-refractivity contribution in [2.24, 2.45) is 0 Å². The van der Waals surface area contributed by atoms with Gasteiger partial charge in [-0.15, -0.1) is 0 Å². The van der Waals surface area contributed by atoms with Crippen LogP contribution in [0.2, 0.25) is 5.02 Å². The Morgan fingerprint density at radius 1 is 1.17 bits per heavy atom. The van der Waals surface area contributed by atoms with Gasteiger partial charge in [-0.3, -0.25) is 4.79 Å². The zero-order valence-electron chi connectivity index (χ0n) is 12.8. The van der Waals surface area contributed by atoms with Crippen LogP contribution in [0.15, 0.2) is 48.8 Å². The average Bonchev–Trinajstić information content (AvgIpc) is 3.00. The molecule has 6 heteroatoms. The van der Waals surface area contributed by atoms with Crippen molar-refractivity contribution in [2.75, 3.05) is 6.61 Å². The van der Waals surface area contributed by atoms with Crippen LogP contribution in [0.4, 0.5) is 4.79 Å². The van der Waals surface area contributed by atoms with Gasteiger partial charge in [0.15, 0.2) is 0 Å². The Kier molecular flexibility index (Phi) is 6.23. The molecule has 0 fully saturated rings. The number of aromatic nitrogens is 1. The lowest BCUT2D eigenvalue weighted by Gasteiger charge is -2.17. The summed E-state index contributed by atoms with van der Waals surface area (Å²) in [5.74, 6) is -0.753. The lowest BCUT2D eigenvalue weighted by Crippen LogP contribution is -2.18. The maximum Gasteiger partial charge on any atom is 0.516 e. The summed E-state index contributed by atoms with van der Waals surface area (Å²) in [6.07, 6.45) is 2.94. The summed E-state index contributed by atoms with van der Waals surface area (Å²) >= 11 is 5.91. The number of ether oxygens (including phenoxy) is 2. The molecule has 0 saturated heterocycles. The Hall–Kier alpha value is -2.27. The lowest BCUT2D eigenvalue weighted by atomic mass is 9.95. The average molecular weight is 336 g/mol. The molecule has 1 aromatic heterocycles. The molecule has 2 rings (SSSR count). The number of nitrogens with zero attached hydrogens (tertiary/aromatic N) is 1. The fraction of sp³-hybridized carbons (Fsp3) is 0.294. The second kappa shape index (κ2) is 8.39. The third kappa shape index (κ3) is 5.45. The Balaban J connectivity index is 2.08. The number of carbonyl (C=O) groups is 2. The molecule has 2 aromatic rings. The fourth-order valence-electron chi connectivity index (χ4n) is 2.25. The first kappa shape index (κ1) is 17.1. The highest BCUT2D eigenvalue weighted by Crippen LogP contribution is 2.24. The van der Waals surface area contributed by atoms with Crippen LogP contribution in [-0.2, 0) is 20.8 Å². The maximum atomic E-state index is 11.9. The molecule has 1 unspecified atom stereocenters. The summed E-state index contributed by atoms with van der Waals surface area (Å²) in [6, 6.07) is 11.1. The predicted molar refractivity (Wildman–Crippen MR) is 86.4 cm³/mol. The first-order chi connectivity index (χ1) is 11.1. The minimum Gasteiger partial charge on any atom is -0.434 e. The van der Waals surface area contributed by atoms with E-state index in [4.69, 9.17) is 11.6 Å². The van der Waals surface area contributed by atoms with E-state index in [-0.39, 0.29) is 18.9 Å². The van der Waals surface area contributed by atoms with Crippen LogP contribution >= 0.6 is 11.6 Å². The van der Waals surface area contributed by atoms with Gasteiger partial charge in [0.25, 0.3) is 0 Å². The molecule has 122 valence electrons. The van der Waals surface area contributed by atoms with Crippen molar-refractivity contribution in [3.63, 3.8) is 0 Å². The molecule has 0 bridgehead atoms. The smallest absolute Gasteiger partial charge is 0.434 e. The van der Waals surface area contributed by atoms with E-state index >= 15 is 0 Å². The molecule has 0 radical (unpaired) electrons. The van der Waals surface area contributed by atoms with E-state index in [9.17, 15) is 9.59 Å². The standard InChI is InChI=1S/C17H18ClNO4/c1-2-22-17(21)23-16(20)11-14(12-19-9-3-4-10-19)13-5-7-15(18)8-6-13/h3-10,14H,2,11-12H2,1H3. The molecule has 0 N–H and O–H groups in total. The molecule has 0 aliphatic carbocycles. The third-order valence-electron chi connectivity index (χ3n) is 3.31. The summed E-state index contributed by atoms with van der Waals surface area (Å²) in [6.45, 7) is 2.40. The maximum absolute atomic E-state index is 11.9. The van der Waals surface area contributed by atoms with Crippen LogP contribution < -0.4 is 0 Å². The van der Waals surface area contributed by atoms with Crippen LogP contribution in [-0.4, -0.2) is 23.3 Å². The quantitative estimate of drug-likeness (QED) is 0.591. The SMILES string of the molecule is CCOC(=O)OC(=O)CC(Cn1cccc1)c1ccc(Cl)cc1. The molecule has 0 saturated carbocycles. The molecule has 1 heterocycles. The first-order valence-corrected chi connectivity index (χ1v) is 7.70. The highest BCUT2D eigenvalue weighted by Gasteiger charge is 2.20. The van der Waals surface area contributed by atoms with Crippen molar-refractivity contribution < 1.29 is 19.1 Å². The van der Waals surface area contributed by atoms with E-state index in [1.54, 1.807) is 19.1 Å². The lowest BCUT2D eigenvalue weighted by molar-refractivity contribution is -0.140. The molecule has 0 spiro atoms. The van der Waals surface area contributed by atoms with Crippen LogP contribution in [0, 0.1) is 0 Å². The van der Waals surface area contributed by atoms with Crippen LogP contribution in [0.5, 0.6) is 0 Å². The first-order valence-electron chi connectivity index (χ1n) is 7.32. The number of benzene rings is 1. The molecule has 1 atom stereocenters. The molecular weight excluding hydrogens is 318 g/mol. The summed E-state index contributed by atoms with van der Waals surface area (Å²) in [4.78, 5) is 23.2. The number of carbonyl (C=O) groups excluding carboxylic acids is 2. The van der Waals surface area contributed by atoms with E-state index in [1.807, 2.05) is 41.2 Å². The molecule has 0 amide bonds. The number of halogens is 1. The van der Waals surface area contributed by atoms with E-state index < -0.39 is 12.1 Å². The van der Waals surface area contributed by atoms with Crippen molar-refractivity contribution >= 4 is 23.7 Å². The number of hydrogen-bond donors (Lipinski definition) is 0. The van der Waals surface area contributed by atoms with Gasteiger partial charge in [0.05, 0.1) is 13.0 Å². The summed E-state index contributed by atoms with van der Waals surface area (Å²) in [7, 11) is 0. The van der Waals surface area contributed by atoms with Crippen molar-refractivity contribution in [1.29, 1.82) is 0 Å². The van der Waals surface area contributed by atoms with Crippen molar-refractivity contribution in [1.82, 2.24) is 4.57 Å². The monoisotopic (exact) mass is 335 g/mol. The van der Waals surface area contributed by atoms with Crippen molar-refractivity contribution in [3.8, 4) is 0 Å². The fourth-order valence-corrected chi connectivity index (χ4v) is 2.38. The van der Waals surface area contributed by atoms with Crippen LogP contribution in [0.3, 0.4) is 0 Å². The minimum absolute atomic E-state index is 0.0681. The van der Waals surface area contributed by atoms with Gasteiger partial charge >= 0.3 is 12.1 Å². The molecule has 23 heavy (non-hydrogen) atoms. The number of esters is 1. The normalized spacial score (nSPS) is 11.7. The van der Waals surface area contributed by atoms with Gasteiger partial charge < -0.3 is 14.0 Å². The predicted octanol–water partition coefficient (Wildman–Crippen LogP) is 4.02. The van der Waals surface area contributed by atoms with Gasteiger partial charge in [-0.1, -0.05) is 23.7 Å².